The van der Waals surface area contributed by atoms with Gasteiger partial charge in [-0.1, -0.05) is 25.1 Å². The van der Waals surface area contributed by atoms with E-state index in [1.165, 1.54) is 5.56 Å². The Labute approximate surface area is 83.3 Å². The van der Waals surface area contributed by atoms with E-state index in [0.717, 1.165) is 5.69 Å². The summed E-state index contributed by atoms with van der Waals surface area (Å²) in [7, 11) is 0. The third-order valence-corrected chi connectivity index (χ3v) is 2.69. The molecule has 3 nitrogen and oxygen atoms in total. The molecule has 0 saturated carbocycles. The number of para-hydroxylation sites is 1. The van der Waals surface area contributed by atoms with E-state index in [9.17, 15) is 4.79 Å². The summed E-state index contributed by atoms with van der Waals surface area (Å²) >= 11 is 0. The first-order valence-electron chi connectivity index (χ1n) is 4.84. The van der Waals surface area contributed by atoms with Gasteiger partial charge >= 0.3 is 0 Å². The molecule has 74 valence electrons. The van der Waals surface area contributed by atoms with E-state index in [-0.39, 0.29) is 5.91 Å². The number of carbonyl (C=O) groups is 1. The number of fused-ring (bicyclic) bond motifs is 1. The lowest BCUT2D eigenvalue weighted by Gasteiger charge is -2.11. The minimum atomic E-state index is -0.391. The van der Waals surface area contributed by atoms with Crippen LogP contribution in [0.5, 0.6) is 0 Å². The SMILES string of the molecule is CC1CC(N)C(=O)Nc2ccccc21. The van der Waals surface area contributed by atoms with Crippen molar-refractivity contribution in [1.29, 1.82) is 0 Å². The van der Waals surface area contributed by atoms with Gasteiger partial charge in [0.15, 0.2) is 0 Å². The molecule has 0 spiro atoms. The molecule has 1 aromatic carbocycles. The van der Waals surface area contributed by atoms with Crippen LogP contribution in [0, 0.1) is 0 Å². The highest BCUT2D eigenvalue weighted by molar-refractivity contribution is 5.96. The number of benzene rings is 1. The van der Waals surface area contributed by atoms with Gasteiger partial charge in [-0.25, -0.2) is 0 Å². The Kier molecular flexibility index (Phi) is 2.25. The van der Waals surface area contributed by atoms with Crippen LogP contribution in [-0.4, -0.2) is 11.9 Å². The van der Waals surface area contributed by atoms with Crippen LogP contribution in [0.3, 0.4) is 0 Å². The van der Waals surface area contributed by atoms with Gasteiger partial charge in [-0.2, -0.15) is 0 Å². The van der Waals surface area contributed by atoms with Crippen LogP contribution in [-0.2, 0) is 4.79 Å². The Hall–Kier alpha value is -1.35. The first-order valence-corrected chi connectivity index (χ1v) is 4.84. The molecule has 3 N–H and O–H groups in total. The van der Waals surface area contributed by atoms with Crippen molar-refractivity contribution < 1.29 is 4.79 Å². The van der Waals surface area contributed by atoms with Crippen molar-refractivity contribution in [2.45, 2.75) is 25.3 Å². The van der Waals surface area contributed by atoms with Gasteiger partial charge in [-0.05, 0) is 24.0 Å². The van der Waals surface area contributed by atoms with Crippen LogP contribution in [0.2, 0.25) is 0 Å². The molecule has 1 amide bonds. The number of carbonyl (C=O) groups excluding carboxylic acids is 1. The van der Waals surface area contributed by atoms with Crippen molar-refractivity contribution in [3.63, 3.8) is 0 Å². The summed E-state index contributed by atoms with van der Waals surface area (Å²) in [5.74, 6) is 0.252. The van der Waals surface area contributed by atoms with Crippen LogP contribution >= 0.6 is 0 Å². The first kappa shape index (κ1) is 9.21. The van der Waals surface area contributed by atoms with Crippen molar-refractivity contribution in [1.82, 2.24) is 0 Å². The number of amides is 1. The zero-order valence-electron chi connectivity index (χ0n) is 8.16. The second-order valence-electron chi connectivity index (χ2n) is 3.82. The van der Waals surface area contributed by atoms with Crippen molar-refractivity contribution >= 4 is 11.6 Å². The summed E-state index contributed by atoms with van der Waals surface area (Å²) in [6.07, 6.45) is 0.711. The summed E-state index contributed by atoms with van der Waals surface area (Å²) in [6.45, 7) is 2.10. The number of nitrogens with two attached hydrogens (primary N) is 1. The molecule has 0 radical (unpaired) electrons. The molecule has 0 saturated heterocycles. The standard InChI is InChI=1S/C11H14N2O/c1-7-6-9(12)11(14)13-10-5-3-2-4-8(7)10/h2-5,7,9H,6,12H2,1H3,(H,13,14). The summed E-state index contributed by atoms with van der Waals surface area (Å²) in [6, 6.07) is 7.47. The average Bonchev–Trinajstić information content (AvgIpc) is 2.27. The van der Waals surface area contributed by atoms with Gasteiger partial charge in [0.1, 0.15) is 0 Å². The van der Waals surface area contributed by atoms with Crippen molar-refractivity contribution in [2.75, 3.05) is 5.32 Å². The summed E-state index contributed by atoms with van der Waals surface area (Å²) < 4.78 is 0. The van der Waals surface area contributed by atoms with Gasteiger partial charge in [-0.15, -0.1) is 0 Å². The predicted molar refractivity (Wildman–Crippen MR) is 56.1 cm³/mol. The van der Waals surface area contributed by atoms with Crippen molar-refractivity contribution in [3.8, 4) is 0 Å². The van der Waals surface area contributed by atoms with Gasteiger partial charge in [0.25, 0.3) is 0 Å². The molecule has 2 unspecified atom stereocenters. The molecule has 1 aliphatic rings. The van der Waals surface area contributed by atoms with Gasteiger partial charge in [-0.3, -0.25) is 4.79 Å². The third-order valence-electron chi connectivity index (χ3n) is 2.69. The maximum atomic E-state index is 11.5. The molecular weight excluding hydrogens is 176 g/mol. The molecule has 0 bridgehead atoms. The molecule has 1 heterocycles. The van der Waals surface area contributed by atoms with E-state index in [0.29, 0.717) is 12.3 Å². The summed E-state index contributed by atoms with van der Waals surface area (Å²) in [5, 5.41) is 2.84. The van der Waals surface area contributed by atoms with Gasteiger partial charge in [0.05, 0.1) is 6.04 Å². The Balaban J connectivity index is 2.43. The number of anilines is 1. The second-order valence-corrected chi connectivity index (χ2v) is 3.82. The summed E-state index contributed by atoms with van der Waals surface area (Å²) in [5.41, 5.74) is 7.81. The molecule has 1 aromatic rings. The highest BCUT2D eigenvalue weighted by Crippen LogP contribution is 2.30. The van der Waals surface area contributed by atoms with E-state index in [2.05, 4.69) is 12.2 Å². The molecule has 0 aromatic heterocycles. The zero-order chi connectivity index (χ0) is 10.1. The number of hydrogen-bond acceptors (Lipinski definition) is 2. The third kappa shape index (κ3) is 1.51. The fourth-order valence-corrected chi connectivity index (χ4v) is 1.88. The predicted octanol–water partition coefficient (Wildman–Crippen LogP) is 1.46. The van der Waals surface area contributed by atoms with Crippen LogP contribution in [0.1, 0.15) is 24.8 Å². The second kappa shape index (κ2) is 3.42. The highest BCUT2D eigenvalue weighted by Gasteiger charge is 2.24. The van der Waals surface area contributed by atoms with E-state index < -0.39 is 6.04 Å². The fourth-order valence-electron chi connectivity index (χ4n) is 1.88. The molecule has 2 atom stereocenters. The van der Waals surface area contributed by atoms with Crippen molar-refractivity contribution in [2.24, 2.45) is 5.73 Å². The maximum Gasteiger partial charge on any atom is 0.241 e. The molecular formula is C11H14N2O. The minimum absolute atomic E-state index is 0.0817. The summed E-state index contributed by atoms with van der Waals surface area (Å²) in [4.78, 5) is 11.5. The number of hydrogen-bond donors (Lipinski definition) is 2. The molecule has 14 heavy (non-hydrogen) atoms. The van der Waals surface area contributed by atoms with E-state index in [1.807, 2.05) is 24.3 Å². The van der Waals surface area contributed by atoms with Crippen LogP contribution in [0.25, 0.3) is 0 Å². The van der Waals surface area contributed by atoms with Crippen LogP contribution in [0.15, 0.2) is 24.3 Å². The average molecular weight is 190 g/mol. The maximum absolute atomic E-state index is 11.5. The van der Waals surface area contributed by atoms with E-state index >= 15 is 0 Å². The lowest BCUT2D eigenvalue weighted by molar-refractivity contribution is -0.117. The largest absolute Gasteiger partial charge is 0.324 e. The Morgan fingerprint density at radius 3 is 2.93 bits per heavy atom. The normalized spacial score (nSPS) is 26.3. The van der Waals surface area contributed by atoms with Gasteiger partial charge in [0, 0.05) is 5.69 Å². The van der Waals surface area contributed by atoms with Crippen LogP contribution in [0.4, 0.5) is 5.69 Å². The van der Waals surface area contributed by atoms with E-state index in [4.69, 9.17) is 5.73 Å². The topological polar surface area (TPSA) is 55.1 Å². The lowest BCUT2D eigenvalue weighted by Crippen LogP contribution is -2.34. The monoisotopic (exact) mass is 190 g/mol. The molecule has 2 rings (SSSR count). The smallest absolute Gasteiger partial charge is 0.241 e. The molecule has 0 fully saturated rings. The Bertz CT molecular complexity index is 362. The molecule has 0 aliphatic carbocycles. The first-order chi connectivity index (χ1) is 6.68. The Morgan fingerprint density at radius 2 is 2.14 bits per heavy atom. The van der Waals surface area contributed by atoms with Crippen molar-refractivity contribution in [3.05, 3.63) is 29.8 Å². The zero-order valence-corrected chi connectivity index (χ0v) is 8.16. The van der Waals surface area contributed by atoms with Gasteiger partial charge < -0.3 is 11.1 Å². The lowest BCUT2D eigenvalue weighted by atomic mass is 9.95. The fraction of sp³-hybridized carbons (Fsp3) is 0.364. The Morgan fingerprint density at radius 1 is 1.43 bits per heavy atom. The van der Waals surface area contributed by atoms with Gasteiger partial charge in [0.2, 0.25) is 5.91 Å². The van der Waals surface area contributed by atoms with Crippen LogP contribution < -0.4 is 11.1 Å². The minimum Gasteiger partial charge on any atom is -0.324 e. The quantitative estimate of drug-likeness (QED) is 0.650. The molecule has 3 heteroatoms. The highest BCUT2D eigenvalue weighted by atomic mass is 16.2. The number of nitrogens with one attached hydrogen (secondary N) is 1. The molecule has 1 aliphatic heterocycles. The number of rotatable bonds is 0. The van der Waals surface area contributed by atoms with E-state index in [1.54, 1.807) is 0 Å².